The van der Waals surface area contributed by atoms with Gasteiger partial charge < -0.3 is 5.11 Å². The van der Waals surface area contributed by atoms with Crippen molar-refractivity contribution in [1.82, 2.24) is 0 Å². The van der Waals surface area contributed by atoms with Crippen LogP contribution in [-0.4, -0.2) is 5.11 Å². The van der Waals surface area contributed by atoms with E-state index in [4.69, 9.17) is 0 Å². The van der Waals surface area contributed by atoms with Gasteiger partial charge >= 0.3 is 0 Å². The van der Waals surface area contributed by atoms with Gasteiger partial charge in [0.1, 0.15) is 6.10 Å². The number of hydrogen-bond acceptors (Lipinski definition) is 1. The molecule has 2 aromatic rings. The zero-order valence-corrected chi connectivity index (χ0v) is 11.7. The van der Waals surface area contributed by atoms with Crippen molar-refractivity contribution < 1.29 is 13.9 Å². The number of aryl methyl sites for hydroxylation is 2. The molecule has 0 aliphatic carbocycles. The molecular formula is C17H18F2O. The summed E-state index contributed by atoms with van der Waals surface area (Å²) in [5.41, 5.74) is 3.25. The number of hydrogen-bond donors (Lipinski definition) is 1. The Hall–Kier alpha value is -1.74. The summed E-state index contributed by atoms with van der Waals surface area (Å²) in [6.07, 6.45) is 0.702. The molecule has 0 radical (unpaired) electrons. The van der Waals surface area contributed by atoms with Crippen LogP contribution in [0.15, 0.2) is 36.4 Å². The fourth-order valence-corrected chi connectivity index (χ4v) is 2.30. The molecule has 2 aromatic carbocycles. The van der Waals surface area contributed by atoms with Gasteiger partial charge in [0.15, 0.2) is 11.6 Å². The lowest BCUT2D eigenvalue weighted by Gasteiger charge is -2.17. The number of benzene rings is 2. The van der Waals surface area contributed by atoms with Gasteiger partial charge in [0.2, 0.25) is 0 Å². The second-order valence-electron chi connectivity index (χ2n) is 4.82. The van der Waals surface area contributed by atoms with Crippen molar-refractivity contribution in [3.05, 3.63) is 70.3 Å². The van der Waals surface area contributed by atoms with E-state index in [-0.39, 0.29) is 0 Å². The maximum atomic E-state index is 13.3. The highest BCUT2D eigenvalue weighted by molar-refractivity contribution is 5.39. The first kappa shape index (κ1) is 14.7. The summed E-state index contributed by atoms with van der Waals surface area (Å²) in [5.74, 6) is -1.84. The molecular weight excluding hydrogens is 258 g/mol. The van der Waals surface area contributed by atoms with Crippen LogP contribution in [0.1, 0.15) is 42.2 Å². The van der Waals surface area contributed by atoms with Crippen molar-refractivity contribution in [2.45, 2.75) is 32.8 Å². The highest BCUT2D eigenvalue weighted by Crippen LogP contribution is 2.27. The summed E-state index contributed by atoms with van der Waals surface area (Å²) < 4.78 is 26.3. The van der Waals surface area contributed by atoms with E-state index in [0.717, 1.165) is 41.7 Å². The molecule has 0 aliphatic heterocycles. The first-order valence-corrected chi connectivity index (χ1v) is 6.81. The van der Waals surface area contributed by atoms with E-state index in [0.29, 0.717) is 5.56 Å². The average Bonchev–Trinajstić information content (AvgIpc) is 2.48. The summed E-state index contributed by atoms with van der Waals surface area (Å²) in [4.78, 5) is 0. The number of aliphatic hydroxyl groups excluding tert-OH is 1. The van der Waals surface area contributed by atoms with E-state index in [9.17, 15) is 13.9 Å². The van der Waals surface area contributed by atoms with Crippen LogP contribution in [-0.2, 0) is 12.8 Å². The molecule has 0 fully saturated rings. The van der Waals surface area contributed by atoms with Crippen LogP contribution in [0.25, 0.3) is 0 Å². The molecule has 1 atom stereocenters. The molecule has 0 aliphatic rings. The number of rotatable bonds is 4. The van der Waals surface area contributed by atoms with E-state index in [1.54, 1.807) is 0 Å². The Morgan fingerprint density at radius 3 is 2.30 bits per heavy atom. The van der Waals surface area contributed by atoms with Gasteiger partial charge in [-0.2, -0.15) is 0 Å². The Kier molecular flexibility index (Phi) is 4.50. The molecule has 0 aromatic heterocycles. The SMILES string of the molecule is CCc1ccc(CC)c(C(O)c2ccc(F)c(F)c2)c1. The van der Waals surface area contributed by atoms with Crippen molar-refractivity contribution in [2.24, 2.45) is 0 Å². The predicted molar refractivity (Wildman–Crippen MR) is 75.6 cm³/mol. The largest absolute Gasteiger partial charge is 0.384 e. The van der Waals surface area contributed by atoms with Crippen molar-refractivity contribution in [3.63, 3.8) is 0 Å². The topological polar surface area (TPSA) is 20.2 Å². The van der Waals surface area contributed by atoms with Crippen molar-refractivity contribution in [3.8, 4) is 0 Å². The molecule has 20 heavy (non-hydrogen) atoms. The molecule has 106 valence electrons. The molecule has 1 nitrogen and oxygen atoms in total. The van der Waals surface area contributed by atoms with E-state index < -0.39 is 17.7 Å². The van der Waals surface area contributed by atoms with Gasteiger partial charge in [-0.1, -0.05) is 38.1 Å². The minimum Gasteiger partial charge on any atom is -0.384 e. The lowest BCUT2D eigenvalue weighted by Crippen LogP contribution is -2.05. The molecule has 0 heterocycles. The van der Waals surface area contributed by atoms with Gasteiger partial charge in [0, 0.05) is 0 Å². The van der Waals surface area contributed by atoms with Crippen LogP contribution in [0.3, 0.4) is 0 Å². The van der Waals surface area contributed by atoms with Gasteiger partial charge in [0.25, 0.3) is 0 Å². The standard InChI is InChI=1S/C17H18F2O/c1-3-11-5-6-12(4-2)14(9-11)17(20)13-7-8-15(18)16(19)10-13/h5-10,17,20H,3-4H2,1-2H3. The van der Waals surface area contributed by atoms with E-state index in [2.05, 4.69) is 0 Å². The first-order chi connectivity index (χ1) is 9.56. The normalized spacial score (nSPS) is 12.4. The molecule has 3 heteroatoms. The monoisotopic (exact) mass is 276 g/mol. The Morgan fingerprint density at radius 1 is 0.950 bits per heavy atom. The smallest absolute Gasteiger partial charge is 0.159 e. The Morgan fingerprint density at radius 2 is 1.70 bits per heavy atom. The number of halogens is 2. The zero-order valence-electron chi connectivity index (χ0n) is 11.7. The third-order valence-electron chi connectivity index (χ3n) is 3.55. The van der Waals surface area contributed by atoms with Gasteiger partial charge in [-0.15, -0.1) is 0 Å². The Labute approximate surface area is 117 Å². The molecule has 0 bridgehead atoms. The zero-order chi connectivity index (χ0) is 14.7. The Bertz CT molecular complexity index is 608. The van der Waals surface area contributed by atoms with Crippen LogP contribution in [0.4, 0.5) is 8.78 Å². The van der Waals surface area contributed by atoms with E-state index in [1.165, 1.54) is 6.07 Å². The molecule has 0 saturated heterocycles. The van der Waals surface area contributed by atoms with Crippen LogP contribution >= 0.6 is 0 Å². The third kappa shape index (κ3) is 2.88. The second-order valence-corrected chi connectivity index (χ2v) is 4.82. The van der Waals surface area contributed by atoms with Crippen LogP contribution in [0, 0.1) is 11.6 Å². The maximum Gasteiger partial charge on any atom is 0.159 e. The minimum atomic E-state index is -0.939. The molecule has 1 N–H and O–H groups in total. The Balaban J connectivity index is 2.45. The van der Waals surface area contributed by atoms with Gasteiger partial charge in [-0.05, 0) is 47.2 Å². The summed E-state index contributed by atoms with van der Waals surface area (Å²) >= 11 is 0. The van der Waals surface area contributed by atoms with Crippen molar-refractivity contribution in [1.29, 1.82) is 0 Å². The maximum absolute atomic E-state index is 13.3. The van der Waals surface area contributed by atoms with Gasteiger partial charge in [-0.3, -0.25) is 0 Å². The summed E-state index contributed by atoms with van der Waals surface area (Å²) in [6.45, 7) is 4.04. The van der Waals surface area contributed by atoms with Crippen LogP contribution in [0.5, 0.6) is 0 Å². The summed E-state index contributed by atoms with van der Waals surface area (Å²) in [7, 11) is 0. The molecule has 2 rings (SSSR count). The quantitative estimate of drug-likeness (QED) is 0.888. The molecule has 0 spiro atoms. The van der Waals surface area contributed by atoms with Crippen molar-refractivity contribution in [2.75, 3.05) is 0 Å². The highest BCUT2D eigenvalue weighted by atomic mass is 19.2. The van der Waals surface area contributed by atoms with E-state index in [1.807, 2.05) is 32.0 Å². The molecule has 1 unspecified atom stereocenters. The second kappa shape index (κ2) is 6.14. The fourth-order valence-electron chi connectivity index (χ4n) is 2.30. The first-order valence-electron chi connectivity index (χ1n) is 6.81. The average molecular weight is 276 g/mol. The highest BCUT2D eigenvalue weighted by Gasteiger charge is 2.16. The van der Waals surface area contributed by atoms with Crippen molar-refractivity contribution >= 4 is 0 Å². The molecule has 0 saturated carbocycles. The summed E-state index contributed by atoms with van der Waals surface area (Å²) in [5, 5.41) is 10.4. The van der Waals surface area contributed by atoms with Gasteiger partial charge in [0.05, 0.1) is 0 Å². The third-order valence-corrected chi connectivity index (χ3v) is 3.55. The minimum absolute atomic E-state index is 0.367. The van der Waals surface area contributed by atoms with E-state index >= 15 is 0 Å². The lowest BCUT2D eigenvalue weighted by molar-refractivity contribution is 0.218. The molecule has 0 amide bonds. The lowest BCUT2D eigenvalue weighted by atomic mass is 9.93. The summed E-state index contributed by atoms with van der Waals surface area (Å²) in [6, 6.07) is 9.46. The van der Waals surface area contributed by atoms with Gasteiger partial charge in [-0.25, -0.2) is 8.78 Å². The number of aliphatic hydroxyl groups is 1. The van der Waals surface area contributed by atoms with Crippen LogP contribution < -0.4 is 0 Å². The van der Waals surface area contributed by atoms with Crippen LogP contribution in [0.2, 0.25) is 0 Å². The predicted octanol–water partition coefficient (Wildman–Crippen LogP) is 4.17. The fraction of sp³-hybridized carbons (Fsp3) is 0.294.